The summed E-state index contributed by atoms with van der Waals surface area (Å²) in [4.78, 5) is 14.4. The van der Waals surface area contributed by atoms with E-state index in [9.17, 15) is 4.79 Å². The maximum Gasteiger partial charge on any atom is 0.237 e. The fourth-order valence-electron chi connectivity index (χ4n) is 3.33. The predicted molar refractivity (Wildman–Crippen MR) is 69.8 cm³/mol. The second-order valence-electron chi connectivity index (χ2n) is 5.15. The Kier molecular flexibility index (Phi) is 2.15. The van der Waals surface area contributed by atoms with Crippen molar-refractivity contribution < 1.29 is 4.79 Å². The zero-order chi connectivity index (χ0) is 12.0. The molecule has 2 heteroatoms. The van der Waals surface area contributed by atoms with Crippen LogP contribution in [0.25, 0.3) is 5.57 Å². The van der Waals surface area contributed by atoms with Gasteiger partial charge in [-0.25, -0.2) is 0 Å². The van der Waals surface area contributed by atoms with Crippen LogP contribution >= 0.6 is 0 Å². The average Bonchev–Trinajstić information content (AvgIpc) is 2.85. The van der Waals surface area contributed by atoms with Gasteiger partial charge in [-0.1, -0.05) is 37.6 Å². The Hall–Kier alpha value is -1.57. The van der Waals surface area contributed by atoms with Gasteiger partial charge >= 0.3 is 0 Å². The third kappa shape index (κ3) is 1.24. The minimum absolute atomic E-state index is 0.235. The molecule has 1 fully saturated rings. The van der Waals surface area contributed by atoms with Gasteiger partial charge in [-0.3, -0.25) is 4.79 Å². The minimum Gasteiger partial charge on any atom is -0.314 e. The Balaban J connectivity index is 2.20. The molecule has 1 heterocycles. The van der Waals surface area contributed by atoms with Crippen LogP contribution in [0.3, 0.4) is 0 Å². The van der Waals surface area contributed by atoms with Crippen molar-refractivity contribution in [3.63, 3.8) is 0 Å². The van der Waals surface area contributed by atoms with E-state index in [2.05, 4.69) is 12.6 Å². The van der Waals surface area contributed by atoms with Gasteiger partial charge in [0.25, 0.3) is 0 Å². The molecule has 0 aromatic heterocycles. The van der Waals surface area contributed by atoms with Crippen LogP contribution in [0.1, 0.15) is 31.2 Å². The van der Waals surface area contributed by atoms with Crippen LogP contribution in [0.5, 0.6) is 0 Å². The number of hydrogen-bond donors (Lipinski definition) is 0. The Labute approximate surface area is 102 Å². The smallest absolute Gasteiger partial charge is 0.237 e. The Morgan fingerprint density at radius 2 is 1.88 bits per heavy atom. The number of fused-ring (bicyclic) bond motifs is 1. The zero-order valence-electron chi connectivity index (χ0n) is 10.2. The molecule has 1 aromatic carbocycles. The Morgan fingerprint density at radius 3 is 2.59 bits per heavy atom. The minimum atomic E-state index is -0.302. The van der Waals surface area contributed by atoms with Crippen LogP contribution in [0.2, 0.25) is 0 Å². The topological polar surface area (TPSA) is 20.3 Å². The lowest BCUT2D eigenvalue weighted by Crippen LogP contribution is -2.45. The molecule has 1 aromatic rings. The standard InChI is InChI=1S/C15H17NO/c1-11-12-7-3-4-8-13(12)16(2)14(17)15(11)9-5-6-10-15/h3-4,7-8H,1,5-6,9-10H2,2H3. The second-order valence-corrected chi connectivity index (χ2v) is 5.15. The molecule has 0 saturated heterocycles. The van der Waals surface area contributed by atoms with Crippen molar-refractivity contribution in [3.8, 4) is 0 Å². The van der Waals surface area contributed by atoms with Crippen molar-refractivity contribution in [2.75, 3.05) is 11.9 Å². The molecule has 0 atom stereocenters. The van der Waals surface area contributed by atoms with Gasteiger partial charge in [0.15, 0.2) is 0 Å². The number of nitrogens with zero attached hydrogens (tertiary/aromatic N) is 1. The molecule has 1 aliphatic carbocycles. The van der Waals surface area contributed by atoms with Crippen LogP contribution in [0.15, 0.2) is 30.8 Å². The molecule has 3 rings (SSSR count). The molecule has 0 unspecified atom stereocenters. The first-order chi connectivity index (χ1) is 8.17. The maximum absolute atomic E-state index is 12.6. The molecule has 0 bridgehead atoms. The summed E-state index contributed by atoms with van der Waals surface area (Å²) in [5.41, 5.74) is 2.88. The van der Waals surface area contributed by atoms with Gasteiger partial charge < -0.3 is 4.90 Å². The average molecular weight is 227 g/mol. The van der Waals surface area contributed by atoms with Crippen LogP contribution in [0.4, 0.5) is 5.69 Å². The Morgan fingerprint density at radius 1 is 1.24 bits per heavy atom. The summed E-state index contributed by atoms with van der Waals surface area (Å²) in [7, 11) is 1.88. The van der Waals surface area contributed by atoms with E-state index in [4.69, 9.17) is 0 Å². The van der Waals surface area contributed by atoms with Crippen molar-refractivity contribution in [2.24, 2.45) is 5.41 Å². The summed E-state index contributed by atoms with van der Waals surface area (Å²) in [5.74, 6) is 0.235. The van der Waals surface area contributed by atoms with Crippen molar-refractivity contribution >= 4 is 17.2 Å². The second kappa shape index (κ2) is 3.46. The van der Waals surface area contributed by atoms with Gasteiger partial charge in [0.2, 0.25) is 5.91 Å². The third-order valence-electron chi connectivity index (χ3n) is 4.34. The third-order valence-corrected chi connectivity index (χ3v) is 4.34. The van der Waals surface area contributed by atoms with E-state index < -0.39 is 0 Å². The molecule has 1 spiro atoms. The number of carbonyl (C=O) groups excluding carboxylic acids is 1. The lowest BCUT2D eigenvalue weighted by atomic mass is 9.72. The largest absolute Gasteiger partial charge is 0.314 e. The SMILES string of the molecule is C=C1c2ccccc2N(C)C(=O)C12CCCC2. The molecule has 1 saturated carbocycles. The maximum atomic E-state index is 12.6. The molecule has 17 heavy (non-hydrogen) atoms. The molecule has 0 N–H and O–H groups in total. The zero-order valence-corrected chi connectivity index (χ0v) is 10.2. The number of rotatable bonds is 0. The summed E-state index contributed by atoms with van der Waals surface area (Å²) in [5, 5.41) is 0. The van der Waals surface area contributed by atoms with Crippen molar-refractivity contribution in [2.45, 2.75) is 25.7 Å². The van der Waals surface area contributed by atoms with E-state index in [0.29, 0.717) is 0 Å². The van der Waals surface area contributed by atoms with E-state index in [0.717, 1.165) is 42.5 Å². The number of carbonyl (C=O) groups is 1. The molecule has 1 amide bonds. The molecule has 2 nitrogen and oxygen atoms in total. The van der Waals surface area contributed by atoms with Gasteiger partial charge in [0.05, 0.1) is 11.1 Å². The number of hydrogen-bond acceptors (Lipinski definition) is 1. The first-order valence-electron chi connectivity index (χ1n) is 6.24. The summed E-state index contributed by atoms with van der Waals surface area (Å²) in [6.07, 6.45) is 4.20. The summed E-state index contributed by atoms with van der Waals surface area (Å²) < 4.78 is 0. The van der Waals surface area contributed by atoms with Crippen LogP contribution < -0.4 is 4.90 Å². The van der Waals surface area contributed by atoms with Gasteiger partial charge in [-0.15, -0.1) is 0 Å². The molecular formula is C15H17NO. The summed E-state index contributed by atoms with van der Waals surface area (Å²) in [6.45, 7) is 4.23. The van der Waals surface area contributed by atoms with E-state index in [1.807, 2.05) is 30.1 Å². The van der Waals surface area contributed by atoms with E-state index >= 15 is 0 Å². The Bertz CT molecular complexity index is 497. The highest BCUT2D eigenvalue weighted by atomic mass is 16.2. The summed E-state index contributed by atoms with van der Waals surface area (Å²) >= 11 is 0. The first kappa shape index (κ1) is 10.6. The van der Waals surface area contributed by atoms with E-state index in [-0.39, 0.29) is 11.3 Å². The molecular weight excluding hydrogens is 210 g/mol. The number of anilines is 1. The lowest BCUT2D eigenvalue weighted by molar-refractivity contribution is -0.125. The molecule has 2 aliphatic rings. The number of amides is 1. The highest BCUT2D eigenvalue weighted by molar-refractivity contribution is 6.11. The molecule has 1 aliphatic heterocycles. The number of benzene rings is 1. The van der Waals surface area contributed by atoms with Crippen LogP contribution in [0, 0.1) is 5.41 Å². The predicted octanol–water partition coefficient (Wildman–Crippen LogP) is 3.24. The van der Waals surface area contributed by atoms with Gasteiger partial charge in [0.1, 0.15) is 0 Å². The lowest BCUT2D eigenvalue weighted by Gasteiger charge is -2.40. The van der Waals surface area contributed by atoms with Crippen LogP contribution in [-0.4, -0.2) is 13.0 Å². The fourth-order valence-corrected chi connectivity index (χ4v) is 3.33. The van der Waals surface area contributed by atoms with Crippen molar-refractivity contribution in [1.29, 1.82) is 0 Å². The van der Waals surface area contributed by atoms with Crippen molar-refractivity contribution in [1.82, 2.24) is 0 Å². The highest BCUT2D eigenvalue weighted by Gasteiger charge is 2.49. The van der Waals surface area contributed by atoms with Crippen molar-refractivity contribution in [3.05, 3.63) is 36.4 Å². The highest BCUT2D eigenvalue weighted by Crippen LogP contribution is 2.53. The monoisotopic (exact) mass is 227 g/mol. The van der Waals surface area contributed by atoms with Gasteiger partial charge in [-0.05, 0) is 24.5 Å². The van der Waals surface area contributed by atoms with E-state index in [1.54, 1.807) is 0 Å². The van der Waals surface area contributed by atoms with Crippen LogP contribution in [-0.2, 0) is 4.79 Å². The fraction of sp³-hybridized carbons (Fsp3) is 0.400. The molecule has 88 valence electrons. The quantitative estimate of drug-likeness (QED) is 0.666. The normalized spacial score (nSPS) is 22.1. The molecule has 0 radical (unpaired) electrons. The van der Waals surface area contributed by atoms with Gasteiger partial charge in [-0.2, -0.15) is 0 Å². The van der Waals surface area contributed by atoms with E-state index in [1.165, 1.54) is 0 Å². The summed E-state index contributed by atoms with van der Waals surface area (Å²) in [6, 6.07) is 8.08. The van der Waals surface area contributed by atoms with Gasteiger partial charge in [0, 0.05) is 12.6 Å². The number of para-hydroxylation sites is 1. The first-order valence-corrected chi connectivity index (χ1v) is 6.24.